The average molecular weight is 349 g/mol. The number of quaternary nitrogens is 2. The van der Waals surface area contributed by atoms with Crippen LogP contribution in [-0.2, 0) is 14.9 Å². The summed E-state index contributed by atoms with van der Waals surface area (Å²) in [6, 6.07) is 11.1. The Hall–Kier alpha value is -0.940. The van der Waals surface area contributed by atoms with Crippen molar-refractivity contribution in [3.8, 4) is 0 Å². The highest BCUT2D eigenvalue weighted by Crippen LogP contribution is 2.43. The Morgan fingerprint density at radius 1 is 1.04 bits per heavy atom. The molecule has 4 heteroatoms. The topological polar surface area (TPSA) is 39.5 Å². The van der Waals surface area contributed by atoms with Crippen molar-refractivity contribution in [2.75, 3.05) is 52.5 Å². The molecular formula is C21H36N2O2+2. The van der Waals surface area contributed by atoms with E-state index >= 15 is 0 Å². The summed E-state index contributed by atoms with van der Waals surface area (Å²) in [4.78, 5) is 1.70. The first-order chi connectivity index (χ1) is 12.1. The van der Waals surface area contributed by atoms with Crippen LogP contribution in [0.2, 0.25) is 0 Å². The maximum absolute atomic E-state index is 6.02. The molecule has 4 nitrogen and oxygen atoms in total. The largest absolute Gasteiger partial charge is 0.376 e. The Bertz CT molecular complexity index is 514. The van der Waals surface area contributed by atoms with Gasteiger partial charge in [-0.05, 0) is 32.3 Å². The first kappa shape index (κ1) is 18.8. The minimum absolute atomic E-state index is 0.0218. The van der Waals surface area contributed by atoms with E-state index in [0.717, 1.165) is 32.7 Å². The van der Waals surface area contributed by atoms with E-state index in [1.54, 1.807) is 4.90 Å². The molecule has 2 aliphatic heterocycles. The molecule has 0 radical (unpaired) electrons. The van der Waals surface area contributed by atoms with Crippen LogP contribution < -0.4 is 10.2 Å². The summed E-state index contributed by atoms with van der Waals surface area (Å²) in [5.41, 5.74) is 1.75. The summed E-state index contributed by atoms with van der Waals surface area (Å²) in [6.07, 6.45) is 3.50. The summed E-state index contributed by atoms with van der Waals surface area (Å²) in [6.45, 7) is 13.3. The predicted molar refractivity (Wildman–Crippen MR) is 100 cm³/mol. The zero-order valence-corrected chi connectivity index (χ0v) is 16.1. The van der Waals surface area contributed by atoms with E-state index in [4.69, 9.17) is 9.47 Å². The number of nitrogens with one attached hydrogen (secondary N) is 1. The molecular weight excluding hydrogens is 312 g/mol. The van der Waals surface area contributed by atoms with Crippen molar-refractivity contribution in [1.82, 2.24) is 0 Å². The highest BCUT2D eigenvalue weighted by Gasteiger charge is 2.42. The second-order valence-electron chi connectivity index (χ2n) is 8.41. The average Bonchev–Trinajstić information content (AvgIpc) is 2.62. The number of ether oxygens (including phenoxy) is 2. The van der Waals surface area contributed by atoms with E-state index < -0.39 is 0 Å². The molecule has 0 saturated carbocycles. The Kier molecular flexibility index (Phi) is 6.50. The van der Waals surface area contributed by atoms with E-state index in [0.29, 0.717) is 0 Å². The van der Waals surface area contributed by atoms with Gasteiger partial charge in [0, 0.05) is 18.4 Å². The Balaban J connectivity index is 1.53. The first-order valence-electron chi connectivity index (χ1n) is 10.0. The third-order valence-electron chi connectivity index (χ3n) is 5.95. The molecule has 25 heavy (non-hydrogen) atoms. The van der Waals surface area contributed by atoms with E-state index in [1.807, 2.05) is 0 Å². The number of benzene rings is 1. The standard InChI is InChI=1S/C21H34N2O2/c1-20(2)18-21(9-15-25-20,19-6-4-3-5-7-19)8-10-22-11-12-23-13-16-24-17-14-23/h3-7,22H,8-18H2,1-2H3/p+2/t21-/m0/s1. The fourth-order valence-electron chi connectivity index (χ4n) is 4.61. The van der Waals surface area contributed by atoms with Crippen molar-refractivity contribution >= 4 is 0 Å². The lowest BCUT2D eigenvalue weighted by atomic mass is 9.67. The van der Waals surface area contributed by atoms with Crippen molar-refractivity contribution in [3.63, 3.8) is 0 Å². The molecule has 1 aromatic carbocycles. The van der Waals surface area contributed by atoms with E-state index in [-0.39, 0.29) is 11.0 Å². The summed E-state index contributed by atoms with van der Waals surface area (Å²) >= 11 is 0. The van der Waals surface area contributed by atoms with Crippen LogP contribution in [0, 0.1) is 0 Å². The number of morpholine rings is 1. The molecule has 2 fully saturated rings. The van der Waals surface area contributed by atoms with Crippen molar-refractivity contribution in [2.45, 2.75) is 44.1 Å². The van der Waals surface area contributed by atoms with Gasteiger partial charge in [-0.1, -0.05) is 30.3 Å². The molecule has 2 heterocycles. The normalized spacial score (nSPS) is 27.3. The number of hydrogen-bond acceptors (Lipinski definition) is 2. The lowest BCUT2D eigenvalue weighted by Gasteiger charge is -2.45. The van der Waals surface area contributed by atoms with Gasteiger partial charge in [-0.2, -0.15) is 0 Å². The van der Waals surface area contributed by atoms with Gasteiger partial charge in [-0.3, -0.25) is 0 Å². The molecule has 0 spiro atoms. The molecule has 0 aromatic heterocycles. The molecule has 0 aliphatic carbocycles. The molecule has 1 atom stereocenters. The van der Waals surface area contributed by atoms with Gasteiger partial charge >= 0.3 is 0 Å². The van der Waals surface area contributed by atoms with Crippen LogP contribution in [0.5, 0.6) is 0 Å². The summed E-state index contributed by atoms with van der Waals surface area (Å²) in [5.74, 6) is 0. The van der Waals surface area contributed by atoms with Gasteiger partial charge in [-0.25, -0.2) is 0 Å². The van der Waals surface area contributed by atoms with E-state index in [9.17, 15) is 0 Å². The first-order valence-corrected chi connectivity index (χ1v) is 10.0. The molecule has 140 valence electrons. The predicted octanol–water partition coefficient (Wildman–Crippen LogP) is 0.382. The highest BCUT2D eigenvalue weighted by atomic mass is 16.5. The Morgan fingerprint density at radius 2 is 1.80 bits per heavy atom. The number of hydrogen-bond donors (Lipinski definition) is 2. The minimum atomic E-state index is -0.0218. The van der Waals surface area contributed by atoms with Gasteiger partial charge in [0.25, 0.3) is 0 Å². The molecule has 0 unspecified atom stereocenters. The van der Waals surface area contributed by atoms with Crippen LogP contribution in [-0.4, -0.2) is 58.1 Å². The second kappa shape index (κ2) is 8.63. The summed E-state index contributed by atoms with van der Waals surface area (Å²) < 4.78 is 11.5. The van der Waals surface area contributed by atoms with Crippen LogP contribution >= 0.6 is 0 Å². The van der Waals surface area contributed by atoms with Gasteiger partial charge < -0.3 is 19.7 Å². The van der Waals surface area contributed by atoms with Crippen molar-refractivity contribution in [3.05, 3.63) is 35.9 Å². The molecule has 2 saturated heterocycles. The Morgan fingerprint density at radius 3 is 2.52 bits per heavy atom. The van der Waals surface area contributed by atoms with Crippen molar-refractivity contribution in [1.29, 1.82) is 0 Å². The SMILES string of the molecule is CC1(C)C[C@@](CC[NH2+]CC[NH+]2CCOCC2)(c2ccccc2)CCO1. The van der Waals surface area contributed by atoms with Crippen LogP contribution in [0.4, 0.5) is 0 Å². The van der Waals surface area contributed by atoms with Gasteiger partial charge in [0.2, 0.25) is 0 Å². The summed E-state index contributed by atoms with van der Waals surface area (Å²) in [7, 11) is 0. The molecule has 3 rings (SSSR count). The van der Waals surface area contributed by atoms with Crippen molar-refractivity contribution in [2.24, 2.45) is 0 Å². The molecule has 0 bridgehead atoms. The fourth-order valence-corrected chi connectivity index (χ4v) is 4.61. The second-order valence-corrected chi connectivity index (χ2v) is 8.41. The fraction of sp³-hybridized carbons (Fsp3) is 0.714. The number of rotatable bonds is 7. The third-order valence-corrected chi connectivity index (χ3v) is 5.95. The van der Waals surface area contributed by atoms with Crippen LogP contribution in [0.15, 0.2) is 30.3 Å². The molecule has 2 aliphatic rings. The molecule has 3 N–H and O–H groups in total. The monoisotopic (exact) mass is 348 g/mol. The van der Waals surface area contributed by atoms with Gasteiger partial charge in [-0.15, -0.1) is 0 Å². The molecule has 0 amide bonds. The van der Waals surface area contributed by atoms with Gasteiger partial charge in [0.05, 0.1) is 25.4 Å². The zero-order valence-electron chi connectivity index (χ0n) is 16.1. The van der Waals surface area contributed by atoms with Crippen LogP contribution in [0.3, 0.4) is 0 Å². The van der Waals surface area contributed by atoms with E-state index in [2.05, 4.69) is 49.5 Å². The maximum atomic E-state index is 6.02. The van der Waals surface area contributed by atoms with Crippen LogP contribution in [0.1, 0.15) is 38.7 Å². The van der Waals surface area contributed by atoms with Crippen molar-refractivity contribution < 1.29 is 19.7 Å². The Labute approximate surface area is 152 Å². The number of nitrogens with two attached hydrogens (primary N) is 1. The third kappa shape index (κ3) is 5.27. The minimum Gasteiger partial charge on any atom is -0.376 e. The lowest BCUT2D eigenvalue weighted by molar-refractivity contribution is -0.919. The van der Waals surface area contributed by atoms with Crippen LogP contribution in [0.25, 0.3) is 0 Å². The zero-order chi connectivity index (χ0) is 17.6. The smallest absolute Gasteiger partial charge is 0.127 e. The maximum Gasteiger partial charge on any atom is 0.127 e. The highest BCUT2D eigenvalue weighted by molar-refractivity contribution is 5.26. The van der Waals surface area contributed by atoms with Gasteiger partial charge in [0.1, 0.15) is 26.2 Å². The summed E-state index contributed by atoms with van der Waals surface area (Å²) in [5, 5.41) is 2.52. The van der Waals surface area contributed by atoms with Gasteiger partial charge in [0.15, 0.2) is 0 Å². The van der Waals surface area contributed by atoms with E-state index in [1.165, 1.54) is 44.7 Å². The molecule has 1 aromatic rings. The quantitative estimate of drug-likeness (QED) is 0.700. The lowest BCUT2D eigenvalue weighted by Crippen LogP contribution is -3.16.